The molecule has 2 aromatic carbocycles. The molecule has 1 N–H and O–H groups in total. The van der Waals surface area contributed by atoms with Crippen LogP contribution in [0.1, 0.15) is 0 Å². The molecule has 2 aliphatic rings. The second kappa shape index (κ2) is 6.63. The zero-order chi connectivity index (χ0) is 18.2. The molecule has 0 spiro atoms. The summed E-state index contributed by atoms with van der Waals surface area (Å²) in [7, 11) is 0. The van der Waals surface area contributed by atoms with Gasteiger partial charge in [0.15, 0.2) is 5.82 Å². The fraction of sp³-hybridized carbons (Fsp3) is 0.286. The standard InChI is InChI=1S/C21H20N4O2/c26-21-15-10-25(11-16(22-21)13-27-12-15)20-17-8-4-5-9-18(17)23-19(24-20)14-6-2-1-3-7-14/h1-9,15-16H,10-13H2,(H,22,26)/t15-,16+/m1/s1. The lowest BCUT2D eigenvalue weighted by atomic mass is 10.1. The van der Waals surface area contributed by atoms with Crippen LogP contribution in [0.25, 0.3) is 22.3 Å². The van der Waals surface area contributed by atoms with Gasteiger partial charge >= 0.3 is 0 Å². The Morgan fingerprint density at radius 2 is 1.78 bits per heavy atom. The third-order valence-electron chi connectivity index (χ3n) is 5.15. The molecule has 6 nitrogen and oxygen atoms in total. The van der Waals surface area contributed by atoms with Gasteiger partial charge in [0.05, 0.1) is 30.7 Å². The number of ether oxygens (including phenoxy) is 1. The third kappa shape index (κ3) is 3.02. The highest BCUT2D eigenvalue weighted by atomic mass is 16.5. The molecule has 2 bridgehead atoms. The van der Waals surface area contributed by atoms with Gasteiger partial charge in [-0.15, -0.1) is 0 Å². The van der Waals surface area contributed by atoms with Crippen LogP contribution in [0.2, 0.25) is 0 Å². The normalized spacial score (nSPS) is 22.4. The van der Waals surface area contributed by atoms with Crippen molar-refractivity contribution in [3.63, 3.8) is 0 Å². The Balaban J connectivity index is 1.64. The van der Waals surface area contributed by atoms with Crippen LogP contribution in [-0.4, -0.2) is 48.2 Å². The van der Waals surface area contributed by atoms with E-state index in [4.69, 9.17) is 14.7 Å². The number of rotatable bonds is 2. The number of hydrogen-bond acceptors (Lipinski definition) is 5. The summed E-state index contributed by atoms with van der Waals surface area (Å²) in [6, 6.07) is 18.0. The first-order valence-electron chi connectivity index (χ1n) is 9.23. The molecule has 1 amide bonds. The zero-order valence-corrected chi connectivity index (χ0v) is 14.8. The second-order valence-corrected chi connectivity index (χ2v) is 7.10. The van der Waals surface area contributed by atoms with Crippen molar-refractivity contribution in [2.24, 2.45) is 5.92 Å². The molecule has 5 rings (SSSR count). The van der Waals surface area contributed by atoms with Gasteiger partial charge in [0.2, 0.25) is 5.91 Å². The Morgan fingerprint density at radius 1 is 0.963 bits per heavy atom. The maximum Gasteiger partial charge on any atom is 0.227 e. The molecule has 136 valence electrons. The lowest BCUT2D eigenvalue weighted by Crippen LogP contribution is -2.42. The van der Waals surface area contributed by atoms with Crippen LogP contribution in [-0.2, 0) is 9.53 Å². The van der Waals surface area contributed by atoms with E-state index in [0.717, 1.165) is 22.3 Å². The first kappa shape index (κ1) is 16.2. The van der Waals surface area contributed by atoms with Crippen molar-refractivity contribution < 1.29 is 9.53 Å². The zero-order valence-electron chi connectivity index (χ0n) is 14.8. The largest absolute Gasteiger partial charge is 0.378 e. The van der Waals surface area contributed by atoms with Gasteiger partial charge in [0.25, 0.3) is 0 Å². The number of aromatic nitrogens is 2. The lowest BCUT2D eigenvalue weighted by Gasteiger charge is -2.29. The summed E-state index contributed by atoms with van der Waals surface area (Å²) in [6.07, 6.45) is 0. The van der Waals surface area contributed by atoms with Crippen LogP contribution < -0.4 is 10.2 Å². The summed E-state index contributed by atoms with van der Waals surface area (Å²) in [5, 5.41) is 4.09. The molecule has 0 aliphatic carbocycles. The number of fused-ring (bicyclic) bond motifs is 4. The summed E-state index contributed by atoms with van der Waals surface area (Å²) in [5.74, 6) is 1.47. The van der Waals surface area contributed by atoms with Crippen LogP contribution in [0.5, 0.6) is 0 Å². The van der Waals surface area contributed by atoms with Crippen LogP contribution in [0.15, 0.2) is 54.6 Å². The Labute approximate surface area is 157 Å². The van der Waals surface area contributed by atoms with Crippen molar-refractivity contribution in [2.45, 2.75) is 6.04 Å². The molecule has 2 aliphatic heterocycles. The summed E-state index contributed by atoms with van der Waals surface area (Å²) in [6.45, 7) is 2.26. The number of nitrogens with zero attached hydrogens (tertiary/aromatic N) is 3. The van der Waals surface area contributed by atoms with Crippen molar-refractivity contribution in [1.82, 2.24) is 15.3 Å². The minimum Gasteiger partial charge on any atom is -0.378 e. The van der Waals surface area contributed by atoms with E-state index in [-0.39, 0.29) is 17.9 Å². The molecule has 2 saturated heterocycles. The summed E-state index contributed by atoms with van der Waals surface area (Å²) < 4.78 is 5.65. The van der Waals surface area contributed by atoms with Crippen molar-refractivity contribution >= 4 is 22.6 Å². The fourth-order valence-corrected chi connectivity index (χ4v) is 3.82. The maximum atomic E-state index is 12.4. The highest BCUT2D eigenvalue weighted by Gasteiger charge is 2.34. The molecule has 2 atom stereocenters. The Kier molecular flexibility index (Phi) is 3.98. The van der Waals surface area contributed by atoms with Gasteiger partial charge in [-0.25, -0.2) is 9.97 Å². The predicted octanol–water partition coefficient (Wildman–Crippen LogP) is 2.25. The molecule has 0 unspecified atom stereocenters. The van der Waals surface area contributed by atoms with E-state index >= 15 is 0 Å². The SMILES string of the molecule is O=C1N[C@@H]2COC[C@H]1CN(c1nc(-c3ccccc3)nc3ccccc13)C2. The van der Waals surface area contributed by atoms with E-state index in [1.165, 1.54) is 0 Å². The Hall–Kier alpha value is -2.99. The Morgan fingerprint density at radius 3 is 2.67 bits per heavy atom. The maximum absolute atomic E-state index is 12.4. The van der Waals surface area contributed by atoms with Crippen LogP contribution in [0.3, 0.4) is 0 Å². The minimum absolute atomic E-state index is 0.0288. The van der Waals surface area contributed by atoms with E-state index < -0.39 is 0 Å². The number of nitrogens with one attached hydrogen (secondary N) is 1. The fourth-order valence-electron chi connectivity index (χ4n) is 3.82. The minimum atomic E-state index is -0.189. The number of anilines is 1. The first-order chi connectivity index (χ1) is 13.3. The van der Waals surface area contributed by atoms with Gasteiger partial charge in [-0.2, -0.15) is 0 Å². The average Bonchev–Trinajstić information content (AvgIpc) is 2.96. The number of benzene rings is 2. The van der Waals surface area contributed by atoms with E-state index in [9.17, 15) is 4.79 Å². The van der Waals surface area contributed by atoms with Gasteiger partial charge in [0.1, 0.15) is 5.82 Å². The summed E-state index contributed by atoms with van der Waals surface area (Å²) in [4.78, 5) is 24.3. The molecule has 2 fully saturated rings. The molecule has 0 radical (unpaired) electrons. The monoisotopic (exact) mass is 360 g/mol. The number of para-hydroxylation sites is 1. The highest BCUT2D eigenvalue weighted by Crippen LogP contribution is 2.29. The molecule has 6 heteroatoms. The molecular weight excluding hydrogens is 340 g/mol. The van der Waals surface area contributed by atoms with Gasteiger partial charge in [0, 0.05) is 24.0 Å². The van der Waals surface area contributed by atoms with Crippen LogP contribution >= 0.6 is 0 Å². The van der Waals surface area contributed by atoms with Crippen molar-refractivity contribution in [3.05, 3.63) is 54.6 Å². The van der Waals surface area contributed by atoms with Gasteiger partial charge in [-0.3, -0.25) is 4.79 Å². The molecule has 1 aromatic heterocycles. The number of hydrogen-bond donors (Lipinski definition) is 1. The van der Waals surface area contributed by atoms with Gasteiger partial charge in [-0.1, -0.05) is 42.5 Å². The number of carbonyl (C=O) groups is 1. The topological polar surface area (TPSA) is 67.3 Å². The molecule has 3 aromatic rings. The lowest BCUT2D eigenvalue weighted by molar-refractivity contribution is -0.124. The molecular formula is C21H20N4O2. The van der Waals surface area contributed by atoms with Gasteiger partial charge < -0.3 is 15.0 Å². The van der Waals surface area contributed by atoms with E-state index in [1.807, 2.05) is 54.6 Å². The van der Waals surface area contributed by atoms with Crippen molar-refractivity contribution in [2.75, 3.05) is 31.2 Å². The number of amides is 1. The van der Waals surface area contributed by atoms with E-state index in [1.54, 1.807) is 0 Å². The molecule has 0 saturated carbocycles. The van der Waals surface area contributed by atoms with Crippen LogP contribution in [0.4, 0.5) is 5.82 Å². The van der Waals surface area contributed by atoms with Crippen LogP contribution in [0, 0.1) is 5.92 Å². The van der Waals surface area contributed by atoms with E-state index in [0.29, 0.717) is 32.1 Å². The smallest absolute Gasteiger partial charge is 0.227 e. The number of carbonyl (C=O) groups excluding carboxylic acids is 1. The predicted molar refractivity (Wildman–Crippen MR) is 103 cm³/mol. The molecule has 27 heavy (non-hydrogen) atoms. The third-order valence-corrected chi connectivity index (χ3v) is 5.15. The van der Waals surface area contributed by atoms with Gasteiger partial charge in [-0.05, 0) is 12.1 Å². The second-order valence-electron chi connectivity index (χ2n) is 7.10. The highest BCUT2D eigenvalue weighted by molar-refractivity contribution is 5.91. The van der Waals surface area contributed by atoms with Crippen molar-refractivity contribution in [3.8, 4) is 11.4 Å². The molecule has 3 heterocycles. The average molecular weight is 360 g/mol. The summed E-state index contributed by atoms with van der Waals surface area (Å²) >= 11 is 0. The first-order valence-corrected chi connectivity index (χ1v) is 9.23. The quantitative estimate of drug-likeness (QED) is 0.759. The van der Waals surface area contributed by atoms with Crippen molar-refractivity contribution in [1.29, 1.82) is 0 Å². The Bertz CT molecular complexity index is 992. The van der Waals surface area contributed by atoms with E-state index in [2.05, 4.69) is 10.2 Å². The summed E-state index contributed by atoms with van der Waals surface area (Å²) in [5.41, 5.74) is 1.89.